The summed E-state index contributed by atoms with van der Waals surface area (Å²) in [5.41, 5.74) is 4.58. The summed E-state index contributed by atoms with van der Waals surface area (Å²) in [6, 6.07) is 10.5. The zero-order chi connectivity index (χ0) is 29.0. The average Bonchev–Trinajstić information content (AvgIpc) is 2.88. The minimum absolute atomic E-state index is 0.0237. The minimum atomic E-state index is 0.0237. The second kappa shape index (κ2) is 21.0. The first-order chi connectivity index (χ1) is 17.4. The summed E-state index contributed by atoms with van der Waals surface area (Å²) in [7, 11) is 0. The molecule has 0 heterocycles. The van der Waals surface area contributed by atoms with Crippen molar-refractivity contribution in [1.82, 2.24) is 0 Å². The van der Waals surface area contributed by atoms with Crippen molar-refractivity contribution in [2.75, 3.05) is 0 Å². The standard InChI is InChI=1S/C16H27NO.C9H18.C8H10.C2H6/c1-8-11(4)15(9-2)12(5)17-13(6)16(10-3)14(7)18;1-8-4-6-9(2,3)7-5-8;1-2-8-6-4-3-5-7-8;1-2/h10-11,15H,3,8-9H2,1-2,4-7H3;8H,4-7H2,1-3H3;3-7H,2H2,1H3;1-2H3/b16-13-,17-12?;;;/t11?,15-;;;/m1.../s1. The molecule has 0 amide bonds. The molecule has 212 valence electrons. The molecule has 37 heavy (non-hydrogen) atoms. The summed E-state index contributed by atoms with van der Waals surface area (Å²) in [5, 5.41) is 0. The van der Waals surface area contributed by atoms with E-state index in [0.717, 1.165) is 36.6 Å². The number of hydrogen-bond donors (Lipinski definition) is 0. The van der Waals surface area contributed by atoms with Crippen LogP contribution in [0.5, 0.6) is 0 Å². The van der Waals surface area contributed by atoms with Gasteiger partial charge in [0, 0.05) is 17.0 Å². The minimum Gasteiger partial charge on any atom is -0.294 e. The Morgan fingerprint density at radius 3 is 1.86 bits per heavy atom. The Morgan fingerprint density at radius 2 is 1.54 bits per heavy atom. The van der Waals surface area contributed by atoms with Crippen LogP contribution in [0.2, 0.25) is 0 Å². The smallest absolute Gasteiger partial charge is 0.161 e. The van der Waals surface area contributed by atoms with Crippen molar-refractivity contribution < 1.29 is 4.79 Å². The Balaban J connectivity index is 0. The van der Waals surface area contributed by atoms with Gasteiger partial charge in [-0.1, -0.05) is 125 Å². The number of carbonyl (C=O) groups is 1. The number of rotatable bonds is 8. The summed E-state index contributed by atoms with van der Waals surface area (Å²) in [6.45, 7) is 29.1. The molecule has 2 atom stereocenters. The van der Waals surface area contributed by atoms with E-state index in [9.17, 15) is 4.79 Å². The third-order valence-corrected chi connectivity index (χ3v) is 7.50. The van der Waals surface area contributed by atoms with Gasteiger partial charge in [-0.05, 0) is 75.2 Å². The fourth-order valence-corrected chi connectivity index (χ4v) is 4.61. The molecule has 2 nitrogen and oxygen atoms in total. The normalized spacial score (nSPS) is 17.2. The molecule has 0 radical (unpaired) electrons. The number of carbonyl (C=O) groups excluding carboxylic acids is 1. The van der Waals surface area contributed by atoms with E-state index in [4.69, 9.17) is 0 Å². The monoisotopic (exact) mass is 511 g/mol. The van der Waals surface area contributed by atoms with Gasteiger partial charge in [0.2, 0.25) is 0 Å². The number of benzene rings is 1. The van der Waals surface area contributed by atoms with Crippen LogP contribution in [-0.2, 0) is 11.2 Å². The van der Waals surface area contributed by atoms with Crippen molar-refractivity contribution in [2.45, 2.75) is 128 Å². The fourth-order valence-electron chi connectivity index (χ4n) is 4.61. The highest BCUT2D eigenvalue weighted by Gasteiger charge is 2.24. The first kappa shape index (κ1) is 37.2. The maximum Gasteiger partial charge on any atom is 0.161 e. The second-order valence-electron chi connectivity index (χ2n) is 11.1. The van der Waals surface area contributed by atoms with Gasteiger partial charge < -0.3 is 0 Å². The molecule has 1 aromatic carbocycles. The molecule has 2 heteroatoms. The molecule has 0 aliphatic heterocycles. The molecule has 1 aliphatic rings. The number of Topliss-reactive ketones (excluding diaryl/α,β-unsaturated/α-hetero) is 1. The lowest BCUT2D eigenvalue weighted by atomic mass is 9.74. The Kier molecular flexibility index (Phi) is 21.1. The second-order valence-corrected chi connectivity index (χ2v) is 11.1. The van der Waals surface area contributed by atoms with Crippen LogP contribution in [0.15, 0.2) is 59.2 Å². The van der Waals surface area contributed by atoms with Gasteiger partial charge in [-0.15, -0.1) is 0 Å². The third-order valence-electron chi connectivity index (χ3n) is 7.50. The lowest BCUT2D eigenvalue weighted by molar-refractivity contribution is -0.113. The number of allylic oxidation sites excluding steroid dienone is 3. The molecule has 1 fully saturated rings. The van der Waals surface area contributed by atoms with Crippen molar-refractivity contribution in [1.29, 1.82) is 0 Å². The van der Waals surface area contributed by atoms with E-state index in [1.807, 2.05) is 26.8 Å². The fraction of sp³-hybridized carbons (Fsp3) is 0.657. The molecule has 2 rings (SSSR count). The largest absolute Gasteiger partial charge is 0.294 e. The third kappa shape index (κ3) is 16.5. The van der Waals surface area contributed by atoms with Crippen molar-refractivity contribution in [3.8, 4) is 0 Å². The van der Waals surface area contributed by atoms with Crippen molar-refractivity contribution in [2.24, 2.45) is 28.2 Å². The van der Waals surface area contributed by atoms with Gasteiger partial charge in [-0.2, -0.15) is 0 Å². The first-order valence-electron chi connectivity index (χ1n) is 14.9. The predicted molar refractivity (Wildman–Crippen MR) is 169 cm³/mol. The molecule has 0 saturated heterocycles. The molecule has 1 saturated carbocycles. The van der Waals surface area contributed by atoms with Crippen LogP contribution >= 0.6 is 0 Å². The van der Waals surface area contributed by atoms with E-state index in [-0.39, 0.29) is 5.78 Å². The number of ketones is 1. The van der Waals surface area contributed by atoms with E-state index in [1.165, 1.54) is 31.2 Å². The van der Waals surface area contributed by atoms with Crippen LogP contribution in [0.4, 0.5) is 0 Å². The van der Waals surface area contributed by atoms with Gasteiger partial charge in [-0.25, -0.2) is 0 Å². The van der Waals surface area contributed by atoms with Crippen molar-refractivity contribution >= 4 is 11.5 Å². The Morgan fingerprint density at radius 1 is 1.03 bits per heavy atom. The van der Waals surface area contributed by atoms with Crippen LogP contribution in [0, 0.1) is 23.2 Å². The Bertz CT molecular complexity index is 790. The molecular weight excluding hydrogens is 450 g/mol. The molecule has 1 aliphatic carbocycles. The molecule has 1 unspecified atom stereocenters. The van der Waals surface area contributed by atoms with Crippen LogP contribution < -0.4 is 0 Å². The van der Waals surface area contributed by atoms with Gasteiger partial charge in [-0.3, -0.25) is 9.79 Å². The zero-order valence-corrected chi connectivity index (χ0v) is 26.7. The highest BCUT2D eigenvalue weighted by atomic mass is 16.1. The van der Waals surface area contributed by atoms with Gasteiger partial charge in [0.25, 0.3) is 0 Å². The number of nitrogens with zero attached hydrogens (tertiary/aromatic N) is 1. The van der Waals surface area contributed by atoms with Gasteiger partial charge >= 0.3 is 0 Å². The summed E-state index contributed by atoms with van der Waals surface area (Å²) >= 11 is 0. The molecule has 0 aromatic heterocycles. The maximum atomic E-state index is 11.4. The topological polar surface area (TPSA) is 29.4 Å². The van der Waals surface area contributed by atoms with Crippen LogP contribution in [-0.4, -0.2) is 11.5 Å². The highest BCUT2D eigenvalue weighted by Crippen LogP contribution is 2.37. The molecule has 0 bridgehead atoms. The van der Waals surface area contributed by atoms with Crippen molar-refractivity contribution in [3.05, 3.63) is 59.8 Å². The van der Waals surface area contributed by atoms with E-state index >= 15 is 0 Å². The quantitative estimate of drug-likeness (QED) is 0.194. The highest BCUT2D eigenvalue weighted by molar-refractivity contribution is 5.97. The molecular formula is C35H61NO. The van der Waals surface area contributed by atoms with E-state index in [2.05, 4.69) is 91.2 Å². The molecule has 1 aromatic rings. The van der Waals surface area contributed by atoms with Crippen molar-refractivity contribution in [3.63, 3.8) is 0 Å². The summed E-state index contributed by atoms with van der Waals surface area (Å²) in [5.74, 6) is 2.13. The molecule has 0 N–H and O–H groups in total. The van der Waals surface area contributed by atoms with Gasteiger partial charge in [0.1, 0.15) is 0 Å². The van der Waals surface area contributed by atoms with Crippen LogP contribution in [0.3, 0.4) is 0 Å². The summed E-state index contributed by atoms with van der Waals surface area (Å²) in [4.78, 5) is 16.0. The maximum absolute atomic E-state index is 11.4. The van der Waals surface area contributed by atoms with E-state index in [0.29, 0.717) is 22.8 Å². The predicted octanol–water partition coefficient (Wildman–Crippen LogP) is 11.1. The Labute approximate surface area is 232 Å². The van der Waals surface area contributed by atoms with Crippen LogP contribution in [0.25, 0.3) is 0 Å². The first-order valence-corrected chi connectivity index (χ1v) is 14.9. The van der Waals surface area contributed by atoms with Gasteiger partial charge in [0.15, 0.2) is 5.78 Å². The number of hydrogen-bond acceptors (Lipinski definition) is 2. The molecule has 0 spiro atoms. The SMILES string of the molecule is C=C/C(C(C)=O)=C(\C)N=C(C)[C@H](CC)C(C)CC.CC.CC1CCC(C)(C)CC1.CCc1ccccc1. The zero-order valence-electron chi connectivity index (χ0n) is 26.7. The average molecular weight is 512 g/mol. The summed E-state index contributed by atoms with van der Waals surface area (Å²) in [6.07, 6.45) is 10.7. The summed E-state index contributed by atoms with van der Waals surface area (Å²) < 4.78 is 0. The Hall–Kier alpha value is -1.96. The van der Waals surface area contributed by atoms with E-state index in [1.54, 1.807) is 13.0 Å². The number of aliphatic imine (C=N–C) groups is 1. The lowest BCUT2D eigenvalue weighted by Gasteiger charge is -2.32. The van der Waals surface area contributed by atoms with Crippen LogP contribution in [0.1, 0.15) is 127 Å². The lowest BCUT2D eigenvalue weighted by Crippen LogP contribution is -2.19. The van der Waals surface area contributed by atoms with Gasteiger partial charge in [0.05, 0.1) is 0 Å². The van der Waals surface area contributed by atoms with E-state index < -0.39 is 0 Å². The number of aryl methyl sites for hydroxylation is 1.